The quantitative estimate of drug-likeness (QED) is 0.458. The van der Waals surface area contributed by atoms with Crippen molar-refractivity contribution < 1.29 is 23.8 Å². The van der Waals surface area contributed by atoms with E-state index in [0.717, 1.165) is 5.56 Å². The fourth-order valence-electron chi connectivity index (χ4n) is 3.21. The summed E-state index contributed by atoms with van der Waals surface area (Å²) in [6.07, 6.45) is 2.37. The first kappa shape index (κ1) is 27.0. The molecule has 0 aromatic carbocycles. The lowest BCUT2D eigenvalue weighted by atomic mass is 10.2. The number of nitrogens with zero attached hydrogens (tertiary/aromatic N) is 5. The lowest BCUT2D eigenvalue weighted by Crippen LogP contribution is -2.36. The SMILES string of the molecule is COc1ncc(COC[C@@H](C)NC(=O)c2cnc3c(N(C)C(=O)OC(C)(C)C)cc(Cl)nn23)cc1N. The van der Waals surface area contributed by atoms with E-state index in [1.807, 2.05) is 0 Å². The Balaban J connectivity index is 1.68. The van der Waals surface area contributed by atoms with Gasteiger partial charge in [-0.1, -0.05) is 11.6 Å². The van der Waals surface area contributed by atoms with Gasteiger partial charge >= 0.3 is 6.09 Å². The fraction of sp³-hybridized carbons (Fsp3) is 0.435. The number of fused-ring (bicyclic) bond motifs is 1. The summed E-state index contributed by atoms with van der Waals surface area (Å²) in [6, 6.07) is 2.86. The molecule has 0 unspecified atom stereocenters. The molecule has 3 heterocycles. The predicted octanol–water partition coefficient (Wildman–Crippen LogP) is 3.07. The van der Waals surface area contributed by atoms with Crippen LogP contribution in [0.4, 0.5) is 16.2 Å². The smallest absolute Gasteiger partial charge is 0.414 e. The molecule has 13 heteroatoms. The van der Waals surface area contributed by atoms with Gasteiger partial charge in [0, 0.05) is 25.4 Å². The van der Waals surface area contributed by atoms with Crippen molar-refractivity contribution in [2.75, 3.05) is 31.4 Å². The Morgan fingerprint density at radius 3 is 2.61 bits per heavy atom. The molecule has 3 aromatic rings. The molecule has 194 valence electrons. The summed E-state index contributed by atoms with van der Waals surface area (Å²) in [4.78, 5) is 35.1. The summed E-state index contributed by atoms with van der Waals surface area (Å²) in [6.45, 7) is 7.58. The minimum absolute atomic E-state index is 0.0729. The van der Waals surface area contributed by atoms with Crippen LogP contribution in [0.1, 0.15) is 43.7 Å². The number of nitrogens with two attached hydrogens (primary N) is 1. The van der Waals surface area contributed by atoms with Crippen LogP contribution in [0.5, 0.6) is 5.88 Å². The molecule has 1 atom stereocenters. The van der Waals surface area contributed by atoms with Gasteiger partial charge < -0.3 is 25.3 Å². The van der Waals surface area contributed by atoms with E-state index in [9.17, 15) is 9.59 Å². The number of halogens is 1. The second-order valence-electron chi connectivity index (χ2n) is 9.10. The summed E-state index contributed by atoms with van der Waals surface area (Å²) in [5.41, 5.74) is 7.11. The Morgan fingerprint density at radius 1 is 1.25 bits per heavy atom. The van der Waals surface area contributed by atoms with E-state index in [4.69, 9.17) is 31.5 Å². The number of nitrogen functional groups attached to an aromatic ring is 1. The van der Waals surface area contributed by atoms with Crippen molar-refractivity contribution in [2.45, 2.75) is 45.9 Å². The molecular formula is C23H30ClN7O5. The number of hydrogen-bond donors (Lipinski definition) is 2. The fourth-order valence-corrected chi connectivity index (χ4v) is 3.39. The van der Waals surface area contributed by atoms with Crippen LogP contribution in [0, 0.1) is 0 Å². The topological polar surface area (TPSA) is 146 Å². The molecule has 0 aliphatic rings. The minimum Gasteiger partial charge on any atom is -0.480 e. The first-order chi connectivity index (χ1) is 16.9. The van der Waals surface area contributed by atoms with E-state index < -0.39 is 17.6 Å². The summed E-state index contributed by atoms with van der Waals surface area (Å²) in [5, 5.41) is 7.10. The van der Waals surface area contributed by atoms with Gasteiger partial charge in [0.1, 0.15) is 5.60 Å². The second-order valence-corrected chi connectivity index (χ2v) is 9.49. The van der Waals surface area contributed by atoms with Crippen LogP contribution in [-0.4, -0.2) is 64.0 Å². The van der Waals surface area contributed by atoms with E-state index in [-0.39, 0.29) is 35.7 Å². The van der Waals surface area contributed by atoms with E-state index >= 15 is 0 Å². The van der Waals surface area contributed by atoms with Crippen LogP contribution in [0.3, 0.4) is 0 Å². The molecule has 0 saturated heterocycles. The highest BCUT2D eigenvalue weighted by Crippen LogP contribution is 2.25. The van der Waals surface area contributed by atoms with Crippen molar-refractivity contribution in [1.82, 2.24) is 24.9 Å². The molecule has 3 N–H and O–H groups in total. The lowest BCUT2D eigenvalue weighted by molar-refractivity contribution is 0.0589. The van der Waals surface area contributed by atoms with Gasteiger partial charge in [-0.15, -0.1) is 0 Å². The number of hydrogen-bond acceptors (Lipinski definition) is 9. The molecule has 0 radical (unpaired) electrons. The number of anilines is 2. The van der Waals surface area contributed by atoms with Crippen LogP contribution >= 0.6 is 11.6 Å². The van der Waals surface area contributed by atoms with Crippen LogP contribution in [-0.2, 0) is 16.1 Å². The largest absolute Gasteiger partial charge is 0.480 e. The summed E-state index contributed by atoms with van der Waals surface area (Å²) in [7, 11) is 3.02. The molecule has 0 saturated carbocycles. The zero-order valence-corrected chi connectivity index (χ0v) is 21.8. The number of rotatable bonds is 8. The molecule has 3 rings (SSSR count). The average Bonchev–Trinajstić information content (AvgIpc) is 3.20. The van der Waals surface area contributed by atoms with Gasteiger partial charge in [0.15, 0.2) is 16.5 Å². The van der Waals surface area contributed by atoms with Crippen molar-refractivity contribution in [3.63, 3.8) is 0 Å². The van der Waals surface area contributed by atoms with Crippen LogP contribution in [0.25, 0.3) is 5.65 Å². The monoisotopic (exact) mass is 519 g/mol. The lowest BCUT2D eigenvalue weighted by Gasteiger charge is -2.24. The highest BCUT2D eigenvalue weighted by atomic mass is 35.5. The van der Waals surface area contributed by atoms with E-state index in [0.29, 0.717) is 17.3 Å². The van der Waals surface area contributed by atoms with Crippen molar-refractivity contribution in [3.05, 3.63) is 40.9 Å². The molecule has 0 fully saturated rings. The number of pyridine rings is 1. The number of imidazole rings is 1. The normalized spacial score (nSPS) is 12.3. The Hall–Kier alpha value is -3.64. The van der Waals surface area contributed by atoms with Crippen LogP contribution < -0.4 is 20.7 Å². The van der Waals surface area contributed by atoms with Gasteiger partial charge in [-0.2, -0.15) is 5.10 Å². The highest BCUT2D eigenvalue weighted by Gasteiger charge is 2.25. The Bertz CT molecular complexity index is 1260. The maximum Gasteiger partial charge on any atom is 0.414 e. The summed E-state index contributed by atoms with van der Waals surface area (Å²) < 4.78 is 17.4. The number of ether oxygens (including phenoxy) is 3. The highest BCUT2D eigenvalue weighted by molar-refractivity contribution is 6.29. The molecule has 0 spiro atoms. The third-order valence-electron chi connectivity index (χ3n) is 4.82. The van der Waals surface area contributed by atoms with Gasteiger partial charge in [0.05, 0.1) is 37.9 Å². The first-order valence-electron chi connectivity index (χ1n) is 11.1. The van der Waals surface area contributed by atoms with Crippen molar-refractivity contribution in [2.24, 2.45) is 0 Å². The Kier molecular flexibility index (Phi) is 8.21. The molecular weight excluding hydrogens is 490 g/mol. The van der Waals surface area contributed by atoms with Crippen LogP contribution in [0.2, 0.25) is 5.15 Å². The third kappa shape index (κ3) is 6.52. The maximum atomic E-state index is 12.9. The summed E-state index contributed by atoms with van der Waals surface area (Å²) in [5.74, 6) is -0.0869. The molecule has 2 amide bonds. The first-order valence-corrected chi connectivity index (χ1v) is 11.5. The van der Waals surface area contributed by atoms with Gasteiger partial charge in [-0.25, -0.2) is 19.3 Å². The molecule has 36 heavy (non-hydrogen) atoms. The number of nitrogens with one attached hydrogen (secondary N) is 1. The zero-order chi connectivity index (χ0) is 26.6. The molecule has 3 aromatic heterocycles. The number of methoxy groups -OCH3 is 1. The van der Waals surface area contributed by atoms with E-state index in [2.05, 4.69) is 20.4 Å². The van der Waals surface area contributed by atoms with Crippen molar-refractivity contribution in [3.8, 4) is 5.88 Å². The molecule has 0 bridgehead atoms. The molecule has 12 nitrogen and oxygen atoms in total. The second kappa shape index (κ2) is 11.0. The number of carbonyl (C=O) groups is 2. The van der Waals surface area contributed by atoms with Crippen molar-refractivity contribution in [1.29, 1.82) is 0 Å². The molecule has 0 aliphatic carbocycles. The number of aromatic nitrogens is 4. The van der Waals surface area contributed by atoms with E-state index in [1.165, 1.54) is 35.8 Å². The van der Waals surface area contributed by atoms with E-state index in [1.54, 1.807) is 40.0 Å². The zero-order valence-electron chi connectivity index (χ0n) is 21.0. The average molecular weight is 520 g/mol. The summed E-state index contributed by atoms with van der Waals surface area (Å²) >= 11 is 6.19. The van der Waals surface area contributed by atoms with Gasteiger partial charge in [-0.3, -0.25) is 9.69 Å². The predicted molar refractivity (Wildman–Crippen MR) is 134 cm³/mol. The third-order valence-corrected chi connectivity index (χ3v) is 5.01. The standard InChI is InChI=1S/C23H30ClN7O5/c1-13(11-35-12-14-7-15(25)21(34-6)27-9-14)28-20(32)17-10-26-19-16(8-18(24)29-31(17)19)30(5)22(33)36-23(2,3)4/h7-10,13H,11-12,25H2,1-6H3,(H,28,32)/t13-/m1/s1. The number of amides is 2. The van der Waals surface area contributed by atoms with Crippen molar-refractivity contribution >= 4 is 40.6 Å². The maximum absolute atomic E-state index is 12.9. The van der Waals surface area contributed by atoms with Gasteiger partial charge in [0.25, 0.3) is 5.91 Å². The van der Waals surface area contributed by atoms with Gasteiger partial charge in [-0.05, 0) is 39.3 Å². The Labute approximate surface area is 213 Å². The molecule has 0 aliphatic heterocycles. The minimum atomic E-state index is -0.687. The van der Waals surface area contributed by atoms with Gasteiger partial charge in [0.2, 0.25) is 5.88 Å². The van der Waals surface area contributed by atoms with Crippen LogP contribution in [0.15, 0.2) is 24.5 Å². The number of carbonyl (C=O) groups excluding carboxylic acids is 2. The Morgan fingerprint density at radius 2 is 1.97 bits per heavy atom.